The molecule has 6 heteroatoms. The summed E-state index contributed by atoms with van der Waals surface area (Å²) in [7, 11) is 0. The molecule has 4 rings (SSSR count). The Balaban J connectivity index is 1.70. The summed E-state index contributed by atoms with van der Waals surface area (Å²) in [6.45, 7) is 1.88. The zero-order valence-corrected chi connectivity index (χ0v) is 16.1. The quantitative estimate of drug-likeness (QED) is 0.537. The van der Waals surface area contributed by atoms with Crippen LogP contribution in [0, 0.1) is 0 Å². The molecule has 0 saturated carbocycles. The molecule has 5 nitrogen and oxygen atoms in total. The summed E-state index contributed by atoms with van der Waals surface area (Å²) in [5, 5.41) is 3.41. The second-order valence-corrected chi connectivity index (χ2v) is 7.46. The summed E-state index contributed by atoms with van der Waals surface area (Å²) in [5.74, 6) is -0.226. The number of nitrogens with one attached hydrogen (secondary N) is 1. The number of aromatic nitrogens is 2. The fraction of sp³-hybridized carbons (Fsp3) is 0.136. The van der Waals surface area contributed by atoms with Crippen LogP contribution in [0.25, 0.3) is 20.7 Å². The SMILES string of the molecule is CCC(C(=O)Nc1ccccc1)n1cnc2sc(-c3ccccc3)cc2c1=O. The van der Waals surface area contributed by atoms with Crippen molar-refractivity contribution in [2.75, 3.05) is 5.32 Å². The third kappa shape index (κ3) is 3.46. The molecule has 0 aliphatic heterocycles. The first-order chi connectivity index (χ1) is 13.7. The lowest BCUT2D eigenvalue weighted by Crippen LogP contribution is -2.33. The first kappa shape index (κ1) is 18.1. The topological polar surface area (TPSA) is 64.0 Å². The summed E-state index contributed by atoms with van der Waals surface area (Å²) >= 11 is 1.48. The molecule has 2 aromatic carbocycles. The number of nitrogens with zero attached hydrogens (tertiary/aromatic N) is 2. The van der Waals surface area contributed by atoms with E-state index in [-0.39, 0.29) is 11.5 Å². The second-order valence-electron chi connectivity index (χ2n) is 6.43. The van der Waals surface area contributed by atoms with Crippen LogP contribution in [0.4, 0.5) is 5.69 Å². The number of anilines is 1. The van der Waals surface area contributed by atoms with Crippen molar-refractivity contribution < 1.29 is 4.79 Å². The van der Waals surface area contributed by atoms with Crippen LogP contribution < -0.4 is 10.9 Å². The average Bonchev–Trinajstić information content (AvgIpc) is 3.17. The minimum Gasteiger partial charge on any atom is -0.324 e. The van der Waals surface area contributed by atoms with E-state index in [9.17, 15) is 9.59 Å². The molecule has 0 aliphatic carbocycles. The Bertz CT molecular complexity index is 1170. The largest absolute Gasteiger partial charge is 0.324 e. The van der Waals surface area contributed by atoms with Crippen molar-refractivity contribution in [3.05, 3.63) is 83.4 Å². The molecule has 2 heterocycles. The number of para-hydroxylation sites is 1. The number of rotatable bonds is 5. The van der Waals surface area contributed by atoms with Gasteiger partial charge in [-0.2, -0.15) is 0 Å². The maximum Gasteiger partial charge on any atom is 0.262 e. The molecule has 1 amide bonds. The molecule has 4 aromatic rings. The molecule has 0 saturated heterocycles. The number of hydrogen-bond donors (Lipinski definition) is 1. The minimum atomic E-state index is -0.621. The number of carbonyl (C=O) groups excluding carboxylic acids is 1. The number of amides is 1. The van der Waals surface area contributed by atoms with Crippen molar-refractivity contribution in [3.8, 4) is 10.4 Å². The second kappa shape index (κ2) is 7.78. The van der Waals surface area contributed by atoms with Gasteiger partial charge in [-0.15, -0.1) is 11.3 Å². The van der Waals surface area contributed by atoms with E-state index in [1.165, 1.54) is 22.2 Å². The Labute approximate surface area is 166 Å². The van der Waals surface area contributed by atoms with E-state index >= 15 is 0 Å². The van der Waals surface area contributed by atoms with Crippen LogP contribution in [0.3, 0.4) is 0 Å². The van der Waals surface area contributed by atoms with Gasteiger partial charge in [0.15, 0.2) is 0 Å². The zero-order chi connectivity index (χ0) is 19.5. The summed E-state index contributed by atoms with van der Waals surface area (Å²) < 4.78 is 1.43. The molecule has 0 fully saturated rings. The van der Waals surface area contributed by atoms with E-state index in [1.807, 2.05) is 73.7 Å². The van der Waals surface area contributed by atoms with Crippen LogP contribution in [0.15, 0.2) is 77.9 Å². The lowest BCUT2D eigenvalue weighted by molar-refractivity contribution is -0.119. The molecule has 28 heavy (non-hydrogen) atoms. The van der Waals surface area contributed by atoms with Crippen LogP contribution in [0.2, 0.25) is 0 Å². The summed E-state index contributed by atoms with van der Waals surface area (Å²) in [6.07, 6.45) is 1.97. The normalized spacial score (nSPS) is 12.0. The third-order valence-corrected chi connectivity index (χ3v) is 5.69. The van der Waals surface area contributed by atoms with Crippen molar-refractivity contribution in [3.63, 3.8) is 0 Å². The molecule has 140 valence electrons. The molecule has 1 atom stereocenters. The fourth-order valence-electron chi connectivity index (χ4n) is 3.16. The van der Waals surface area contributed by atoms with Gasteiger partial charge in [0, 0.05) is 10.6 Å². The molecule has 1 N–H and O–H groups in total. The predicted molar refractivity (Wildman–Crippen MR) is 114 cm³/mol. The van der Waals surface area contributed by atoms with E-state index in [4.69, 9.17) is 0 Å². The molecule has 0 radical (unpaired) electrons. The van der Waals surface area contributed by atoms with Gasteiger partial charge < -0.3 is 5.32 Å². The predicted octanol–water partition coefficient (Wildman–Crippen LogP) is 4.71. The van der Waals surface area contributed by atoms with Gasteiger partial charge in [0.2, 0.25) is 5.91 Å². The van der Waals surface area contributed by atoms with Crippen molar-refractivity contribution in [1.82, 2.24) is 9.55 Å². The summed E-state index contributed by atoms with van der Waals surface area (Å²) in [4.78, 5) is 32.0. The van der Waals surface area contributed by atoms with E-state index < -0.39 is 6.04 Å². The number of hydrogen-bond acceptors (Lipinski definition) is 4. The van der Waals surface area contributed by atoms with Crippen molar-refractivity contribution in [1.29, 1.82) is 0 Å². The lowest BCUT2D eigenvalue weighted by Gasteiger charge is -2.17. The highest BCUT2D eigenvalue weighted by Gasteiger charge is 2.22. The maximum atomic E-state index is 13.1. The Morgan fingerprint density at radius 3 is 2.46 bits per heavy atom. The molecule has 1 unspecified atom stereocenters. The highest BCUT2D eigenvalue weighted by Crippen LogP contribution is 2.30. The summed E-state index contributed by atoms with van der Waals surface area (Å²) in [6, 6.07) is 20.4. The van der Waals surface area contributed by atoms with Crippen LogP contribution in [-0.4, -0.2) is 15.5 Å². The fourth-order valence-corrected chi connectivity index (χ4v) is 4.15. The van der Waals surface area contributed by atoms with Crippen LogP contribution >= 0.6 is 11.3 Å². The smallest absolute Gasteiger partial charge is 0.262 e. The number of thiophene rings is 1. The van der Waals surface area contributed by atoms with Gasteiger partial charge in [-0.05, 0) is 30.2 Å². The maximum absolute atomic E-state index is 13.1. The number of benzene rings is 2. The van der Waals surface area contributed by atoms with Gasteiger partial charge in [0.1, 0.15) is 10.9 Å². The van der Waals surface area contributed by atoms with Crippen LogP contribution in [-0.2, 0) is 4.79 Å². The highest BCUT2D eigenvalue weighted by atomic mass is 32.1. The molecule has 0 bridgehead atoms. The van der Waals surface area contributed by atoms with E-state index in [2.05, 4.69) is 10.3 Å². The van der Waals surface area contributed by atoms with Gasteiger partial charge in [-0.25, -0.2) is 4.98 Å². The van der Waals surface area contributed by atoms with Crippen molar-refractivity contribution in [2.24, 2.45) is 0 Å². The molecule has 2 aromatic heterocycles. The molecular weight excluding hydrogens is 370 g/mol. The van der Waals surface area contributed by atoms with Crippen molar-refractivity contribution >= 4 is 33.1 Å². The number of fused-ring (bicyclic) bond motifs is 1. The van der Waals surface area contributed by atoms with E-state index in [1.54, 1.807) is 0 Å². The summed E-state index contributed by atoms with van der Waals surface area (Å²) in [5.41, 5.74) is 1.55. The molecular formula is C22H19N3O2S. The van der Waals surface area contributed by atoms with Crippen molar-refractivity contribution in [2.45, 2.75) is 19.4 Å². The van der Waals surface area contributed by atoms with E-state index in [0.717, 1.165) is 10.4 Å². The monoisotopic (exact) mass is 389 g/mol. The van der Waals surface area contributed by atoms with Gasteiger partial charge in [-0.3, -0.25) is 14.2 Å². The first-order valence-corrected chi connectivity index (χ1v) is 9.91. The highest BCUT2D eigenvalue weighted by molar-refractivity contribution is 7.21. The first-order valence-electron chi connectivity index (χ1n) is 9.09. The molecule has 0 spiro atoms. The third-order valence-electron chi connectivity index (χ3n) is 4.60. The Kier molecular flexibility index (Phi) is 5.04. The standard InChI is InChI=1S/C22H19N3O2S/c1-2-18(20(26)24-16-11-7-4-8-12-16)25-14-23-21-17(22(25)27)13-19(28-21)15-9-5-3-6-10-15/h3-14,18H,2H2,1H3,(H,24,26). The van der Waals surface area contributed by atoms with E-state index in [0.29, 0.717) is 22.3 Å². The van der Waals surface area contributed by atoms with Crippen LogP contribution in [0.1, 0.15) is 19.4 Å². The minimum absolute atomic E-state index is 0.196. The zero-order valence-electron chi connectivity index (χ0n) is 15.3. The van der Waals surface area contributed by atoms with Crippen LogP contribution in [0.5, 0.6) is 0 Å². The van der Waals surface area contributed by atoms with Gasteiger partial charge in [0.05, 0.1) is 11.7 Å². The average molecular weight is 389 g/mol. The van der Waals surface area contributed by atoms with Gasteiger partial charge in [-0.1, -0.05) is 55.5 Å². The number of carbonyl (C=O) groups is 1. The Morgan fingerprint density at radius 2 is 1.79 bits per heavy atom. The lowest BCUT2D eigenvalue weighted by atomic mass is 10.1. The Hall–Kier alpha value is -3.25. The molecule has 0 aliphatic rings. The van der Waals surface area contributed by atoms with Gasteiger partial charge >= 0.3 is 0 Å². The van der Waals surface area contributed by atoms with Gasteiger partial charge in [0.25, 0.3) is 5.56 Å². The Morgan fingerprint density at radius 1 is 1.11 bits per heavy atom.